The van der Waals surface area contributed by atoms with E-state index < -0.39 is 22.7 Å². The summed E-state index contributed by atoms with van der Waals surface area (Å²) < 4.78 is 11.8. The standard InChI is InChI=1S/C11H14O3S/c1-8-4-3-5-10(6-8)15(14)7-9(2)11(12)13/h3-6,9H,7H2,1-2H3,(H,12,13). The van der Waals surface area contributed by atoms with E-state index in [1.807, 2.05) is 25.1 Å². The molecule has 0 bridgehead atoms. The predicted octanol–water partition coefficient (Wildman–Crippen LogP) is 1.82. The number of carboxylic acids is 1. The summed E-state index contributed by atoms with van der Waals surface area (Å²) in [7, 11) is -1.23. The molecule has 0 aliphatic carbocycles. The molecule has 0 aliphatic rings. The molecule has 0 radical (unpaired) electrons. The summed E-state index contributed by atoms with van der Waals surface area (Å²) in [6, 6.07) is 7.33. The monoisotopic (exact) mass is 226 g/mol. The molecule has 1 rings (SSSR count). The second-order valence-corrected chi connectivity index (χ2v) is 5.06. The van der Waals surface area contributed by atoms with Gasteiger partial charge < -0.3 is 5.11 Å². The van der Waals surface area contributed by atoms with Crippen LogP contribution in [0.2, 0.25) is 0 Å². The lowest BCUT2D eigenvalue weighted by molar-refractivity contribution is -0.140. The van der Waals surface area contributed by atoms with Crippen LogP contribution in [0.5, 0.6) is 0 Å². The zero-order valence-electron chi connectivity index (χ0n) is 8.77. The Morgan fingerprint density at radius 2 is 2.20 bits per heavy atom. The molecule has 82 valence electrons. The average Bonchev–Trinajstić information content (AvgIpc) is 2.17. The first-order valence-electron chi connectivity index (χ1n) is 4.68. The third-order valence-electron chi connectivity index (χ3n) is 2.08. The van der Waals surface area contributed by atoms with Crippen LogP contribution in [0.1, 0.15) is 12.5 Å². The van der Waals surface area contributed by atoms with Crippen LogP contribution >= 0.6 is 0 Å². The Morgan fingerprint density at radius 1 is 1.53 bits per heavy atom. The minimum absolute atomic E-state index is 0.165. The lowest BCUT2D eigenvalue weighted by atomic mass is 10.2. The van der Waals surface area contributed by atoms with Gasteiger partial charge in [0.05, 0.1) is 16.7 Å². The van der Waals surface area contributed by atoms with Crippen molar-refractivity contribution in [1.29, 1.82) is 0 Å². The zero-order chi connectivity index (χ0) is 11.4. The van der Waals surface area contributed by atoms with Gasteiger partial charge in [-0.15, -0.1) is 0 Å². The molecule has 0 amide bonds. The van der Waals surface area contributed by atoms with Gasteiger partial charge in [0.15, 0.2) is 0 Å². The van der Waals surface area contributed by atoms with Crippen LogP contribution in [-0.4, -0.2) is 21.0 Å². The van der Waals surface area contributed by atoms with Crippen molar-refractivity contribution in [2.75, 3.05) is 5.75 Å². The Morgan fingerprint density at radius 3 is 2.73 bits per heavy atom. The molecule has 4 heteroatoms. The Balaban J connectivity index is 2.73. The van der Waals surface area contributed by atoms with Gasteiger partial charge in [0.1, 0.15) is 0 Å². The van der Waals surface area contributed by atoms with Crippen molar-refractivity contribution in [3.05, 3.63) is 29.8 Å². The zero-order valence-corrected chi connectivity index (χ0v) is 9.58. The number of benzene rings is 1. The van der Waals surface area contributed by atoms with Crippen LogP contribution in [0.15, 0.2) is 29.2 Å². The molecule has 0 aromatic heterocycles. The van der Waals surface area contributed by atoms with Gasteiger partial charge in [-0.25, -0.2) is 0 Å². The molecule has 2 atom stereocenters. The third-order valence-corrected chi connectivity index (χ3v) is 3.66. The molecule has 0 saturated heterocycles. The van der Waals surface area contributed by atoms with Gasteiger partial charge in [0.2, 0.25) is 0 Å². The summed E-state index contributed by atoms with van der Waals surface area (Å²) in [5.41, 5.74) is 1.03. The molecule has 0 aliphatic heterocycles. The maximum atomic E-state index is 11.8. The molecule has 3 nitrogen and oxygen atoms in total. The predicted molar refractivity (Wildman–Crippen MR) is 59.3 cm³/mol. The summed E-state index contributed by atoms with van der Waals surface area (Å²) in [5.74, 6) is -1.32. The van der Waals surface area contributed by atoms with Crippen LogP contribution in [0.3, 0.4) is 0 Å². The minimum Gasteiger partial charge on any atom is -0.481 e. The lowest BCUT2D eigenvalue weighted by Crippen LogP contribution is -2.17. The van der Waals surface area contributed by atoms with E-state index in [4.69, 9.17) is 5.11 Å². The maximum Gasteiger partial charge on any atom is 0.307 e. The largest absolute Gasteiger partial charge is 0.481 e. The molecule has 0 spiro atoms. The second kappa shape index (κ2) is 5.07. The Labute approximate surface area is 91.6 Å². The number of carboxylic acid groups (broad SMARTS) is 1. The van der Waals surface area contributed by atoms with Crippen LogP contribution in [0.4, 0.5) is 0 Å². The molecule has 0 heterocycles. The van der Waals surface area contributed by atoms with Crippen molar-refractivity contribution in [3.63, 3.8) is 0 Å². The van der Waals surface area contributed by atoms with Gasteiger partial charge in [-0.1, -0.05) is 19.1 Å². The van der Waals surface area contributed by atoms with E-state index in [1.54, 1.807) is 13.0 Å². The van der Waals surface area contributed by atoms with Crippen LogP contribution in [0, 0.1) is 12.8 Å². The summed E-state index contributed by atoms with van der Waals surface area (Å²) in [6.07, 6.45) is 0. The quantitative estimate of drug-likeness (QED) is 0.852. The molecule has 0 fully saturated rings. The summed E-state index contributed by atoms with van der Waals surface area (Å²) in [6.45, 7) is 3.48. The van der Waals surface area contributed by atoms with Crippen molar-refractivity contribution in [2.24, 2.45) is 5.92 Å². The van der Waals surface area contributed by atoms with Gasteiger partial charge in [-0.3, -0.25) is 9.00 Å². The average molecular weight is 226 g/mol. The van der Waals surface area contributed by atoms with Crippen LogP contribution in [-0.2, 0) is 15.6 Å². The first kappa shape index (κ1) is 11.9. The van der Waals surface area contributed by atoms with Crippen molar-refractivity contribution < 1.29 is 14.1 Å². The Kier molecular flexibility index (Phi) is 4.03. The first-order chi connectivity index (χ1) is 7.00. The van der Waals surface area contributed by atoms with E-state index in [0.29, 0.717) is 4.90 Å². The van der Waals surface area contributed by atoms with E-state index in [0.717, 1.165) is 5.56 Å². The highest BCUT2D eigenvalue weighted by Gasteiger charge is 2.15. The smallest absolute Gasteiger partial charge is 0.307 e. The molecule has 2 unspecified atom stereocenters. The first-order valence-corrected chi connectivity index (χ1v) is 6.00. The fourth-order valence-corrected chi connectivity index (χ4v) is 2.49. The number of rotatable bonds is 4. The van der Waals surface area contributed by atoms with E-state index >= 15 is 0 Å². The van der Waals surface area contributed by atoms with Crippen molar-refractivity contribution >= 4 is 16.8 Å². The SMILES string of the molecule is Cc1cccc(S(=O)CC(C)C(=O)O)c1. The molecule has 15 heavy (non-hydrogen) atoms. The minimum atomic E-state index is -1.23. The molecule has 1 N–H and O–H groups in total. The number of aryl methyl sites for hydroxylation is 1. The molecular formula is C11H14O3S. The van der Waals surface area contributed by atoms with E-state index in [1.165, 1.54) is 0 Å². The third kappa shape index (κ3) is 3.47. The Bertz CT molecular complexity index is 387. The molecule has 0 saturated carbocycles. The van der Waals surface area contributed by atoms with Gasteiger partial charge in [-0.2, -0.15) is 0 Å². The summed E-state index contributed by atoms with van der Waals surface area (Å²) in [4.78, 5) is 11.3. The van der Waals surface area contributed by atoms with Crippen LogP contribution < -0.4 is 0 Å². The highest BCUT2D eigenvalue weighted by Crippen LogP contribution is 2.11. The molecular weight excluding hydrogens is 212 g/mol. The maximum absolute atomic E-state index is 11.8. The lowest BCUT2D eigenvalue weighted by Gasteiger charge is -2.06. The van der Waals surface area contributed by atoms with E-state index in [9.17, 15) is 9.00 Å². The summed E-state index contributed by atoms with van der Waals surface area (Å²) in [5, 5.41) is 8.70. The van der Waals surface area contributed by atoms with Gasteiger partial charge in [-0.05, 0) is 24.6 Å². The number of hydrogen-bond acceptors (Lipinski definition) is 2. The van der Waals surface area contributed by atoms with Crippen molar-refractivity contribution in [3.8, 4) is 0 Å². The summed E-state index contributed by atoms with van der Waals surface area (Å²) >= 11 is 0. The highest BCUT2D eigenvalue weighted by atomic mass is 32.2. The number of hydrogen-bond donors (Lipinski definition) is 1. The van der Waals surface area contributed by atoms with Gasteiger partial charge in [0.25, 0.3) is 0 Å². The van der Waals surface area contributed by atoms with Gasteiger partial charge >= 0.3 is 5.97 Å². The van der Waals surface area contributed by atoms with Crippen molar-refractivity contribution in [1.82, 2.24) is 0 Å². The normalized spacial score (nSPS) is 14.5. The van der Waals surface area contributed by atoms with Gasteiger partial charge in [0, 0.05) is 10.6 Å². The second-order valence-electron chi connectivity index (χ2n) is 3.57. The fourth-order valence-electron chi connectivity index (χ4n) is 1.15. The van der Waals surface area contributed by atoms with E-state index in [-0.39, 0.29) is 5.75 Å². The Hall–Kier alpha value is -1.16. The fraction of sp³-hybridized carbons (Fsp3) is 0.364. The number of carbonyl (C=O) groups is 1. The van der Waals surface area contributed by atoms with E-state index in [2.05, 4.69) is 0 Å². The topological polar surface area (TPSA) is 54.4 Å². The van der Waals surface area contributed by atoms with Crippen molar-refractivity contribution in [2.45, 2.75) is 18.7 Å². The molecule has 1 aromatic rings. The highest BCUT2D eigenvalue weighted by molar-refractivity contribution is 7.85. The molecule has 1 aromatic carbocycles. The van der Waals surface area contributed by atoms with Crippen LogP contribution in [0.25, 0.3) is 0 Å². The number of aliphatic carboxylic acids is 1.